The zero-order valence-electron chi connectivity index (χ0n) is 32.3. The molecule has 4 aromatic rings. The molecule has 8 N–H and O–H groups in total. The third kappa shape index (κ3) is 11.0. The van der Waals surface area contributed by atoms with E-state index in [1.54, 1.807) is 11.8 Å². The summed E-state index contributed by atoms with van der Waals surface area (Å²) < 4.78 is 11.2. The first kappa shape index (κ1) is 44.3. The van der Waals surface area contributed by atoms with Gasteiger partial charge in [-0.15, -0.1) is 23.5 Å². The summed E-state index contributed by atoms with van der Waals surface area (Å²) in [5, 5.41) is 77.8. The van der Waals surface area contributed by atoms with Crippen LogP contribution in [0.25, 0.3) is 0 Å². The molecule has 7 unspecified atom stereocenters. The zero-order chi connectivity index (χ0) is 40.5. The third-order valence-corrected chi connectivity index (χ3v) is 13.0. The number of hydrogen-bond donors (Lipinski definition) is 8. The third-order valence-electron chi connectivity index (χ3n) is 10.4. The minimum atomic E-state index is -1.76. The molecule has 0 bridgehead atoms. The fourth-order valence-corrected chi connectivity index (χ4v) is 9.46. The van der Waals surface area contributed by atoms with Crippen molar-refractivity contribution in [2.75, 3.05) is 19.0 Å². The summed E-state index contributed by atoms with van der Waals surface area (Å²) in [5.41, 5.74) is 8.65. The molecule has 4 aromatic carbocycles. The molecule has 6 rings (SSSR count). The van der Waals surface area contributed by atoms with Crippen molar-refractivity contribution in [3.63, 3.8) is 0 Å². The number of aryl methyl sites for hydroxylation is 2. The molecule has 2 aliphatic rings. The molecule has 12 heteroatoms. The van der Waals surface area contributed by atoms with Gasteiger partial charge in [0.15, 0.2) is 12.6 Å². The maximum atomic E-state index is 9.84. The molecule has 0 aromatic heterocycles. The molecule has 0 amide bonds. The molecule has 0 aliphatic carbocycles. The lowest BCUT2D eigenvalue weighted by molar-refractivity contribution is -0.188. The van der Waals surface area contributed by atoms with E-state index < -0.39 is 62.4 Å². The van der Waals surface area contributed by atoms with E-state index in [1.165, 1.54) is 45.9 Å². The van der Waals surface area contributed by atoms with E-state index in [2.05, 4.69) is 62.4 Å². The van der Waals surface area contributed by atoms with E-state index in [1.807, 2.05) is 48.2 Å². The fraction of sp³-hybridized carbons (Fsp3) is 0.455. The molecule has 0 spiro atoms. The van der Waals surface area contributed by atoms with E-state index in [0.29, 0.717) is 16.4 Å². The Balaban J connectivity index is 0.000000214. The number of rotatable bonds is 16. The van der Waals surface area contributed by atoms with Crippen molar-refractivity contribution in [2.24, 2.45) is 0 Å². The molecule has 2 heterocycles. The van der Waals surface area contributed by atoms with Gasteiger partial charge in [0.25, 0.3) is 0 Å². The summed E-state index contributed by atoms with van der Waals surface area (Å²) in [5.74, 6) is 1.16. The molecule has 0 saturated heterocycles. The van der Waals surface area contributed by atoms with Crippen LogP contribution >= 0.6 is 23.5 Å². The van der Waals surface area contributed by atoms with Gasteiger partial charge in [0.2, 0.25) is 0 Å². The zero-order valence-corrected chi connectivity index (χ0v) is 33.9. The van der Waals surface area contributed by atoms with Gasteiger partial charge in [-0.05, 0) is 89.8 Å². The van der Waals surface area contributed by atoms with Crippen molar-refractivity contribution in [3.05, 3.63) is 129 Å². The molecular formula is C44H56O10S2. The number of ether oxygens (including phenoxy) is 2. The van der Waals surface area contributed by atoms with Gasteiger partial charge in [-0.1, -0.05) is 86.6 Å². The minimum absolute atomic E-state index is 0.229. The van der Waals surface area contributed by atoms with E-state index >= 15 is 0 Å². The number of aliphatic hydroxyl groups excluding tert-OH is 6. The van der Waals surface area contributed by atoms with Crippen LogP contribution in [0.4, 0.5) is 0 Å². The molecule has 2 aliphatic heterocycles. The highest BCUT2D eigenvalue weighted by atomic mass is 32.2. The second kappa shape index (κ2) is 20.7. The van der Waals surface area contributed by atoms with Crippen LogP contribution in [0.15, 0.2) is 94.7 Å². The van der Waals surface area contributed by atoms with Crippen LogP contribution in [0.1, 0.15) is 95.6 Å². The summed E-state index contributed by atoms with van der Waals surface area (Å²) in [6.45, 7) is 6.46. The first-order chi connectivity index (χ1) is 26.9. The number of hydrogen-bond acceptors (Lipinski definition) is 12. The van der Waals surface area contributed by atoms with Crippen molar-refractivity contribution >= 4 is 23.5 Å². The standard InChI is InChI=1S/2C22H28O5S/c1-3-14-4-6-15(7-5-14)18-12-28-20-9-8-16(10-17(18)20)21(22(25)26)27-19(11-23)13(2)24;1-3-14-4-6-15(7-5-14)20-11-17-10-16(8-9-19(17)28-20)21(22(25)26)27-18(12-23)13(2)24/h4-10,13,18-19,21-26H,3,11-12H2,1-2H3;4-10,13,18,20-26H,3,11-12H2,1-2H3/t13?,18-,19?,21?;/m0./s1. The van der Waals surface area contributed by atoms with Crippen LogP contribution in [0.3, 0.4) is 0 Å². The lowest BCUT2D eigenvalue weighted by Crippen LogP contribution is -2.35. The monoisotopic (exact) mass is 808 g/mol. The highest BCUT2D eigenvalue weighted by molar-refractivity contribution is 8.00. The SMILES string of the molecule is CCc1ccc(C2Cc3cc(C(OC(CO)C(C)O)C(O)O)ccc3S2)cc1.CCc1ccc([C@@H]2CSc3ccc(C(OC(CO)C(C)O)C(O)O)cc32)cc1. The average molecular weight is 809 g/mol. The summed E-state index contributed by atoms with van der Waals surface area (Å²) in [6, 6.07) is 28.8. The van der Waals surface area contributed by atoms with Gasteiger partial charge >= 0.3 is 0 Å². The predicted octanol–water partition coefficient (Wildman–Crippen LogP) is 5.35. The Morgan fingerprint density at radius 1 is 0.625 bits per heavy atom. The van der Waals surface area contributed by atoms with Gasteiger partial charge in [0.05, 0.1) is 25.4 Å². The molecule has 304 valence electrons. The van der Waals surface area contributed by atoms with Crippen LogP contribution < -0.4 is 0 Å². The van der Waals surface area contributed by atoms with Crippen LogP contribution in [0.2, 0.25) is 0 Å². The largest absolute Gasteiger partial charge is 0.394 e. The van der Waals surface area contributed by atoms with Crippen molar-refractivity contribution in [1.82, 2.24) is 0 Å². The second-order valence-corrected chi connectivity index (χ2v) is 16.7. The Hall–Kier alpha value is -2.82. The average Bonchev–Trinajstić information content (AvgIpc) is 3.82. The van der Waals surface area contributed by atoms with Crippen LogP contribution in [-0.2, 0) is 28.7 Å². The lowest BCUT2D eigenvalue weighted by atomic mass is 9.90. The van der Waals surface area contributed by atoms with Crippen molar-refractivity contribution in [3.8, 4) is 0 Å². The lowest BCUT2D eigenvalue weighted by Gasteiger charge is -2.27. The predicted molar refractivity (Wildman–Crippen MR) is 219 cm³/mol. The summed E-state index contributed by atoms with van der Waals surface area (Å²) in [6.07, 6.45) is -6.36. The Labute approximate surface area is 338 Å². The van der Waals surface area contributed by atoms with Crippen LogP contribution in [0.5, 0.6) is 0 Å². The Morgan fingerprint density at radius 2 is 1.11 bits per heavy atom. The van der Waals surface area contributed by atoms with Gasteiger partial charge in [0.1, 0.15) is 24.4 Å². The van der Waals surface area contributed by atoms with Gasteiger partial charge in [-0.3, -0.25) is 0 Å². The van der Waals surface area contributed by atoms with E-state index in [-0.39, 0.29) is 5.92 Å². The van der Waals surface area contributed by atoms with Crippen molar-refractivity contribution < 1.29 is 50.3 Å². The summed E-state index contributed by atoms with van der Waals surface area (Å²) in [4.78, 5) is 2.35. The molecule has 0 radical (unpaired) electrons. The van der Waals surface area contributed by atoms with E-state index in [0.717, 1.165) is 36.1 Å². The number of fused-ring (bicyclic) bond motifs is 2. The molecule has 0 saturated carbocycles. The molecule has 8 atom stereocenters. The Morgan fingerprint density at radius 3 is 1.57 bits per heavy atom. The molecule has 56 heavy (non-hydrogen) atoms. The van der Waals surface area contributed by atoms with Crippen LogP contribution in [0, 0.1) is 0 Å². The first-order valence-corrected chi connectivity index (χ1v) is 21.1. The van der Waals surface area contributed by atoms with E-state index in [9.17, 15) is 40.9 Å². The van der Waals surface area contributed by atoms with Gasteiger partial charge in [-0.25, -0.2) is 0 Å². The Bertz CT molecular complexity index is 1820. The van der Waals surface area contributed by atoms with Crippen molar-refractivity contribution in [1.29, 1.82) is 0 Å². The first-order valence-electron chi connectivity index (χ1n) is 19.2. The minimum Gasteiger partial charge on any atom is -0.394 e. The summed E-state index contributed by atoms with van der Waals surface area (Å²) in [7, 11) is 0. The number of benzene rings is 4. The quantitative estimate of drug-likeness (QED) is 0.0682. The second-order valence-electron chi connectivity index (χ2n) is 14.4. The van der Waals surface area contributed by atoms with Crippen LogP contribution in [-0.4, -0.2) is 96.8 Å². The highest BCUT2D eigenvalue weighted by Gasteiger charge is 2.32. The molecule has 0 fully saturated rings. The number of thioether (sulfide) groups is 2. The van der Waals surface area contributed by atoms with Gasteiger partial charge < -0.3 is 50.3 Å². The highest BCUT2D eigenvalue weighted by Crippen LogP contribution is 2.48. The molecular weight excluding hydrogens is 753 g/mol. The fourth-order valence-electron chi connectivity index (χ4n) is 6.91. The normalized spacial score (nSPS) is 19.5. The van der Waals surface area contributed by atoms with E-state index in [4.69, 9.17) is 9.47 Å². The molecule has 10 nitrogen and oxygen atoms in total. The maximum absolute atomic E-state index is 9.84. The maximum Gasteiger partial charge on any atom is 0.182 e. The van der Waals surface area contributed by atoms with Gasteiger partial charge in [-0.2, -0.15) is 0 Å². The topological polar surface area (TPSA) is 180 Å². The van der Waals surface area contributed by atoms with Gasteiger partial charge in [0, 0.05) is 26.7 Å². The number of aliphatic hydroxyl groups is 8. The Kier molecular flexibility index (Phi) is 16.4. The smallest absolute Gasteiger partial charge is 0.182 e. The van der Waals surface area contributed by atoms with Crippen molar-refractivity contribution in [2.45, 2.75) is 117 Å². The summed E-state index contributed by atoms with van der Waals surface area (Å²) >= 11 is 3.60.